The van der Waals surface area contributed by atoms with Gasteiger partial charge in [-0.05, 0) is 62.5 Å². The zero-order valence-electron chi connectivity index (χ0n) is 12.9. The van der Waals surface area contributed by atoms with Crippen molar-refractivity contribution in [2.24, 2.45) is 5.92 Å². The number of nitrogens with one attached hydrogen (secondary N) is 2. The van der Waals surface area contributed by atoms with Crippen LogP contribution in [0.15, 0.2) is 24.5 Å². The summed E-state index contributed by atoms with van der Waals surface area (Å²) in [6, 6.07) is 4.19. The molecule has 1 aliphatic heterocycles. The molecule has 0 saturated carbocycles. The van der Waals surface area contributed by atoms with Crippen molar-refractivity contribution in [1.29, 1.82) is 0 Å². The Kier molecular flexibility index (Phi) is 4.88. The molecular weight excluding hydrogens is 260 g/mol. The molecule has 2 aromatic heterocycles. The van der Waals surface area contributed by atoms with Crippen LogP contribution < -0.4 is 5.32 Å². The number of pyridine rings is 1. The van der Waals surface area contributed by atoms with Crippen molar-refractivity contribution in [3.8, 4) is 0 Å². The highest BCUT2D eigenvalue weighted by atomic mass is 15.1. The van der Waals surface area contributed by atoms with Gasteiger partial charge in [-0.2, -0.15) is 0 Å². The highest BCUT2D eigenvalue weighted by Crippen LogP contribution is 2.20. The van der Waals surface area contributed by atoms with E-state index in [4.69, 9.17) is 0 Å². The second-order valence-corrected chi connectivity index (χ2v) is 6.14. The predicted octanol–water partition coefficient (Wildman–Crippen LogP) is 2.77. The first-order valence-corrected chi connectivity index (χ1v) is 8.21. The van der Waals surface area contributed by atoms with E-state index in [1.165, 1.54) is 56.4 Å². The molecular formula is C17H26N4. The van der Waals surface area contributed by atoms with Crippen molar-refractivity contribution >= 4 is 11.0 Å². The van der Waals surface area contributed by atoms with Crippen LogP contribution >= 0.6 is 0 Å². The molecule has 1 aliphatic rings. The maximum atomic E-state index is 4.39. The first kappa shape index (κ1) is 14.5. The fraction of sp³-hybridized carbons (Fsp3) is 0.588. The molecule has 3 rings (SSSR count). The number of rotatable bonds is 6. The Hall–Kier alpha value is -1.39. The molecule has 0 aliphatic carbocycles. The van der Waals surface area contributed by atoms with Crippen LogP contribution in [0.2, 0.25) is 0 Å². The van der Waals surface area contributed by atoms with E-state index in [0.29, 0.717) is 0 Å². The topological polar surface area (TPSA) is 44.0 Å². The SMILES string of the molecule is CCCN(Cc1c[nH]c2ncccc12)CC1CCNCC1. The van der Waals surface area contributed by atoms with Crippen molar-refractivity contribution in [2.75, 3.05) is 26.2 Å². The maximum absolute atomic E-state index is 4.39. The van der Waals surface area contributed by atoms with Gasteiger partial charge in [0.1, 0.15) is 5.65 Å². The summed E-state index contributed by atoms with van der Waals surface area (Å²) >= 11 is 0. The van der Waals surface area contributed by atoms with Gasteiger partial charge in [0, 0.05) is 30.9 Å². The van der Waals surface area contributed by atoms with Crippen LogP contribution in [0.3, 0.4) is 0 Å². The van der Waals surface area contributed by atoms with E-state index in [-0.39, 0.29) is 0 Å². The summed E-state index contributed by atoms with van der Waals surface area (Å²) in [7, 11) is 0. The largest absolute Gasteiger partial charge is 0.346 e. The quantitative estimate of drug-likeness (QED) is 0.858. The fourth-order valence-electron chi connectivity index (χ4n) is 3.36. The van der Waals surface area contributed by atoms with Gasteiger partial charge >= 0.3 is 0 Å². The van der Waals surface area contributed by atoms with E-state index in [1.54, 1.807) is 0 Å². The van der Waals surface area contributed by atoms with E-state index in [2.05, 4.69) is 39.4 Å². The molecule has 0 spiro atoms. The minimum atomic E-state index is 0.848. The Bertz CT molecular complexity index is 557. The van der Waals surface area contributed by atoms with E-state index >= 15 is 0 Å². The van der Waals surface area contributed by atoms with E-state index < -0.39 is 0 Å². The van der Waals surface area contributed by atoms with Crippen LogP contribution in [0.4, 0.5) is 0 Å². The van der Waals surface area contributed by atoms with Crippen LogP contribution in [0, 0.1) is 5.92 Å². The molecule has 0 atom stereocenters. The van der Waals surface area contributed by atoms with Gasteiger partial charge in [-0.3, -0.25) is 4.90 Å². The standard InChI is InChI=1S/C17H26N4/c1-2-10-21(12-14-5-8-18-9-6-14)13-15-11-20-17-16(15)4-3-7-19-17/h3-4,7,11,14,18H,2,5-6,8-10,12-13H2,1H3,(H,19,20). The van der Waals surface area contributed by atoms with Crippen LogP contribution in [-0.4, -0.2) is 41.0 Å². The highest BCUT2D eigenvalue weighted by Gasteiger charge is 2.17. The monoisotopic (exact) mass is 286 g/mol. The third-order valence-corrected chi connectivity index (χ3v) is 4.45. The van der Waals surface area contributed by atoms with Crippen molar-refractivity contribution in [3.05, 3.63) is 30.1 Å². The molecule has 0 amide bonds. The van der Waals surface area contributed by atoms with Crippen molar-refractivity contribution in [2.45, 2.75) is 32.7 Å². The Morgan fingerprint density at radius 1 is 1.33 bits per heavy atom. The molecule has 1 fully saturated rings. The second kappa shape index (κ2) is 7.05. The van der Waals surface area contributed by atoms with E-state index in [1.807, 2.05) is 12.3 Å². The summed E-state index contributed by atoms with van der Waals surface area (Å²) in [5.41, 5.74) is 2.38. The number of hydrogen-bond donors (Lipinski definition) is 2. The Labute approximate surface area is 126 Å². The van der Waals surface area contributed by atoms with E-state index in [9.17, 15) is 0 Å². The fourth-order valence-corrected chi connectivity index (χ4v) is 3.36. The van der Waals surface area contributed by atoms with Gasteiger partial charge in [-0.25, -0.2) is 4.98 Å². The van der Waals surface area contributed by atoms with Gasteiger partial charge in [0.2, 0.25) is 0 Å². The lowest BCUT2D eigenvalue weighted by molar-refractivity contribution is 0.199. The first-order valence-electron chi connectivity index (χ1n) is 8.21. The van der Waals surface area contributed by atoms with Crippen LogP contribution in [0.1, 0.15) is 31.7 Å². The Morgan fingerprint density at radius 3 is 3.00 bits per heavy atom. The summed E-state index contributed by atoms with van der Waals surface area (Å²) in [6.07, 6.45) is 7.82. The van der Waals surface area contributed by atoms with Crippen LogP contribution in [0.5, 0.6) is 0 Å². The molecule has 0 radical (unpaired) electrons. The minimum absolute atomic E-state index is 0.848. The van der Waals surface area contributed by atoms with E-state index in [0.717, 1.165) is 18.1 Å². The summed E-state index contributed by atoms with van der Waals surface area (Å²) in [6.45, 7) is 8.07. The summed E-state index contributed by atoms with van der Waals surface area (Å²) in [5.74, 6) is 0.848. The third-order valence-electron chi connectivity index (χ3n) is 4.45. The number of aromatic nitrogens is 2. The van der Waals surface area contributed by atoms with Crippen LogP contribution in [0.25, 0.3) is 11.0 Å². The molecule has 4 heteroatoms. The molecule has 0 bridgehead atoms. The summed E-state index contributed by atoms with van der Waals surface area (Å²) in [5, 5.41) is 4.73. The number of H-pyrrole nitrogens is 1. The lowest BCUT2D eigenvalue weighted by Gasteiger charge is -2.29. The molecule has 3 heterocycles. The zero-order valence-corrected chi connectivity index (χ0v) is 12.9. The molecule has 21 heavy (non-hydrogen) atoms. The van der Waals surface area contributed by atoms with Crippen LogP contribution in [-0.2, 0) is 6.54 Å². The van der Waals surface area contributed by atoms with Gasteiger partial charge in [-0.1, -0.05) is 6.92 Å². The lowest BCUT2D eigenvalue weighted by Crippen LogP contribution is -2.36. The zero-order chi connectivity index (χ0) is 14.5. The minimum Gasteiger partial charge on any atom is -0.346 e. The molecule has 114 valence electrons. The van der Waals surface area contributed by atoms with Gasteiger partial charge in [0.05, 0.1) is 0 Å². The smallest absolute Gasteiger partial charge is 0.137 e. The molecule has 0 unspecified atom stereocenters. The average molecular weight is 286 g/mol. The number of piperidine rings is 1. The lowest BCUT2D eigenvalue weighted by atomic mass is 9.97. The third kappa shape index (κ3) is 3.63. The number of nitrogens with zero attached hydrogens (tertiary/aromatic N) is 2. The van der Waals surface area contributed by atoms with Crippen molar-refractivity contribution in [1.82, 2.24) is 20.2 Å². The highest BCUT2D eigenvalue weighted by molar-refractivity contribution is 5.79. The molecule has 2 aromatic rings. The Morgan fingerprint density at radius 2 is 2.19 bits per heavy atom. The normalized spacial score (nSPS) is 16.9. The summed E-state index contributed by atoms with van der Waals surface area (Å²) < 4.78 is 0. The van der Waals surface area contributed by atoms with Gasteiger partial charge < -0.3 is 10.3 Å². The number of aromatic amines is 1. The predicted molar refractivity (Wildman–Crippen MR) is 87.3 cm³/mol. The van der Waals surface area contributed by atoms with Gasteiger partial charge in [0.15, 0.2) is 0 Å². The maximum Gasteiger partial charge on any atom is 0.137 e. The first-order chi connectivity index (χ1) is 10.4. The molecule has 1 saturated heterocycles. The Balaban J connectivity index is 1.69. The number of hydrogen-bond acceptors (Lipinski definition) is 3. The second-order valence-electron chi connectivity index (χ2n) is 6.14. The summed E-state index contributed by atoms with van der Waals surface area (Å²) in [4.78, 5) is 10.3. The average Bonchev–Trinajstić information content (AvgIpc) is 2.92. The van der Waals surface area contributed by atoms with Crippen molar-refractivity contribution in [3.63, 3.8) is 0 Å². The molecule has 0 aromatic carbocycles. The van der Waals surface area contributed by atoms with Crippen molar-refractivity contribution < 1.29 is 0 Å². The molecule has 2 N–H and O–H groups in total. The number of fused-ring (bicyclic) bond motifs is 1. The van der Waals surface area contributed by atoms with Gasteiger partial charge in [-0.15, -0.1) is 0 Å². The van der Waals surface area contributed by atoms with Gasteiger partial charge in [0.25, 0.3) is 0 Å². The molecule has 4 nitrogen and oxygen atoms in total.